The summed E-state index contributed by atoms with van der Waals surface area (Å²) in [5.41, 5.74) is 2.11. The van der Waals surface area contributed by atoms with Crippen LogP contribution in [0.4, 0.5) is 0 Å². The van der Waals surface area contributed by atoms with Gasteiger partial charge in [-0.1, -0.05) is 0 Å². The zero-order valence-electron chi connectivity index (χ0n) is 11.1. The lowest BCUT2D eigenvalue weighted by Gasteiger charge is -2.25. The molecule has 1 aromatic heterocycles. The predicted octanol–water partition coefficient (Wildman–Crippen LogP) is 1.55. The molecule has 0 bridgehead atoms. The van der Waals surface area contributed by atoms with Gasteiger partial charge in [-0.15, -0.1) is 0 Å². The van der Waals surface area contributed by atoms with E-state index in [-0.39, 0.29) is 5.78 Å². The van der Waals surface area contributed by atoms with Crippen molar-refractivity contribution in [3.05, 3.63) is 35.5 Å². The second-order valence-corrected chi connectivity index (χ2v) is 4.89. The van der Waals surface area contributed by atoms with Crippen LogP contribution in [0.25, 0.3) is 10.9 Å². The third kappa shape index (κ3) is 2.44. The van der Waals surface area contributed by atoms with E-state index in [0.29, 0.717) is 30.9 Å². The number of fused-ring (bicyclic) bond motifs is 1. The molecule has 2 heterocycles. The van der Waals surface area contributed by atoms with Crippen molar-refractivity contribution in [2.45, 2.75) is 0 Å². The number of hydrogen-bond acceptors (Lipinski definition) is 4. The summed E-state index contributed by atoms with van der Waals surface area (Å²) in [5, 5.41) is 9.78. The smallest absolute Gasteiger partial charge is 0.178 e. The maximum absolute atomic E-state index is 12.4. The molecule has 0 saturated carbocycles. The SMILES string of the molecule is N#Cc1ccc2[nH]cc(C(=O)CN3CCOCC3)c2c1. The molecule has 0 amide bonds. The Labute approximate surface area is 116 Å². The molecule has 0 atom stereocenters. The number of hydrogen-bond donors (Lipinski definition) is 1. The summed E-state index contributed by atoms with van der Waals surface area (Å²) in [6, 6.07) is 7.44. The van der Waals surface area contributed by atoms with Crippen LogP contribution >= 0.6 is 0 Å². The largest absolute Gasteiger partial charge is 0.379 e. The molecule has 2 aromatic rings. The summed E-state index contributed by atoms with van der Waals surface area (Å²) in [6.45, 7) is 3.33. The van der Waals surface area contributed by atoms with Crippen LogP contribution in [0.5, 0.6) is 0 Å². The molecular weight excluding hydrogens is 254 g/mol. The van der Waals surface area contributed by atoms with Gasteiger partial charge in [0.15, 0.2) is 5.78 Å². The molecule has 0 radical (unpaired) electrons. The van der Waals surface area contributed by atoms with Crippen LogP contribution in [-0.4, -0.2) is 48.5 Å². The first-order chi connectivity index (χ1) is 9.78. The zero-order chi connectivity index (χ0) is 13.9. The van der Waals surface area contributed by atoms with Gasteiger partial charge < -0.3 is 9.72 Å². The number of aromatic amines is 1. The Bertz CT molecular complexity index is 678. The molecule has 1 aliphatic heterocycles. The molecule has 3 rings (SSSR count). The van der Waals surface area contributed by atoms with Crippen LogP contribution < -0.4 is 0 Å². The van der Waals surface area contributed by atoms with Crippen LogP contribution in [0, 0.1) is 11.3 Å². The Morgan fingerprint density at radius 2 is 2.20 bits per heavy atom. The average molecular weight is 269 g/mol. The second kappa shape index (κ2) is 5.45. The van der Waals surface area contributed by atoms with Gasteiger partial charge in [0.05, 0.1) is 31.4 Å². The number of benzene rings is 1. The number of carbonyl (C=O) groups excluding carboxylic acids is 1. The summed E-state index contributed by atoms with van der Waals surface area (Å²) < 4.78 is 5.28. The lowest BCUT2D eigenvalue weighted by Crippen LogP contribution is -2.39. The summed E-state index contributed by atoms with van der Waals surface area (Å²) in [6.07, 6.45) is 1.73. The molecular formula is C15H15N3O2. The number of nitrogens with zero attached hydrogens (tertiary/aromatic N) is 2. The van der Waals surface area contributed by atoms with Crippen molar-refractivity contribution in [1.82, 2.24) is 9.88 Å². The van der Waals surface area contributed by atoms with Gasteiger partial charge in [-0.2, -0.15) is 5.26 Å². The predicted molar refractivity (Wildman–Crippen MR) is 74.6 cm³/mol. The van der Waals surface area contributed by atoms with E-state index in [1.54, 1.807) is 18.3 Å². The van der Waals surface area contributed by atoms with Gasteiger partial charge in [0.2, 0.25) is 0 Å². The van der Waals surface area contributed by atoms with Gasteiger partial charge in [-0.3, -0.25) is 9.69 Å². The van der Waals surface area contributed by atoms with Crippen LogP contribution in [0.3, 0.4) is 0 Å². The van der Waals surface area contributed by atoms with E-state index in [1.165, 1.54) is 0 Å². The molecule has 102 valence electrons. The van der Waals surface area contributed by atoms with E-state index in [1.807, 2.05) is 6.07 Å². The van der Waals surface area contributed by atoms with Gasteiger partial charge in [0.1, 0.15) is 0 Å². The summed E-state index contributed by atoms with van der Waals surface area (Å²) in [4.78, 5) is 17.6. The Kier molecular flexibility index (Phi) is 3.50. The van der Waals surface area contributed by atoms with E-state index < -0.39 is 0 Å². The monoisotopic (exact) mass is 269 g/mol. The van der Waals surface area contributed by atoms with Crippen molar-refractivity contribution in [1.29, 1.82) is 5.26 Å². The van der Waals surface area contributed by atoms with Crippen LogP contribution in [-0.2, 0) is 4.74 Å². The molecule has 20 heavy (non-hydrogen) atoms. The van der Waals surface area contributed by atoms with Crippen LogP contribution in [0.15, 0.2) is 24.4 Å². The first-order valence-corrected chi connectivity index (χ1v) is 6.62. The number of morpholine rings is 1. The van der Waals surface area contributed by atoms with E-state index in [0.717, 1.165) is 24.0 Å². The maximum atomic E-state index is 12.4. The second-order valence-electron chi connectivity index (χ2n) is 4.89. The van der Waals surface area contributed by atoms with Crippen molar-refractivity contribution in [2.24, 2.45) is 0 Å². The minimum Gasteiger partial charge on any atom is -0.379 e. The number of nitrogens with one attached hydrogen (secondary N) is 1. The van der Waals surface area contributed by atoms with Crippen molar-refractivity contribution in [2.75, 3.05) is 32.8 Å². The fourth-order valence-electron chi connectivity index (χ4n) is 2.47. The molecule has 1 saturated heterocycles. The fraction of sp³-hybridized carbons (Fsp3) is 0.333. The van der Waals surface area contributed by atoms with Gasteiger partial charge in [-0.25, -0.2) is 0 Å². The molecule has 1 aromatic carbocycles. The normalized spacial score (nSPS) is 16.1. The first-order valence-electron chi connectivity index (χ1n) is 6.62. The van der Waals surface area contributed by atoms with Gasteiger partial charge in [0, 0.05) is 35.8 Å². The number of carbonyl (C=O) groups is 1. The summed E-state index contributed by atoms with van der Waals surface area (Å²) in [5.74, 6) is 0.0771. The average Bonchev–Trinajstić information content (AvgIpc) is 2.91. The highest BCUT2D eigenvalue weighted by Gasteiger charge is 2.18. The minimum atomic E-state index is 0.0771. The Morgan fingerprint density at radius 3 is 2.95 bits per heavy atom. The number of H-pyrrole nitrogens is 1. The Hall–Kier alpha value is -2.16. The number of rotatable bonds is 3. The minimum absolute atomic E-state index is 0.0771. The standard InChI is InChI=1S/C15H15N3O2/c16-8-11-1-2-14-12(7-11)13(9-17-14)15(19)10-18-3-5-20-6-4-18/h1-2,7,9,17H,3-6,10H2. The third-order valence-corrected chi connectivity index (χ3v) is 3.58. The highest BCUT2D eigenvalue weighted by atomic mass is 16.5. The molecule has 5 nitrogen and oxygen atoms in total. The van der Waals surface area contributed by atoms with Crippen LogP contribution in [0.2, 0.25) is 0 Å². The first kappa shape index (κ1) is 12.9. The maximum Gasteiger partial charge on any atom is 0.178 e. The summed E-state index contributed by atoms with van der Waals surface area (Å²) in [7, 11) is 0. The van der Waals surface area contributed by atoms with Crippen LogP contribution in [0.1, 0.15) is 15.9 Å². The third-order valence-electron chi connectivity index (χ3n) is 3.58. The molecule has 0 spiro atoms. The molecule has 5 heteroatoms. The lowest BCUT2D eigenvalue weighted by atomic mass is 10.1. The number of ether oxygens (including phenoxy) is 1. The van der Waals surface area contributed by atoms with Crippen molar-refractivity contribution >= 4 is 16.7 Å². The van der Waals surface area contributed by atoms with Gasteiger partial charge in [0.25, 0.3) is 0 Å². The number of ketones is 1. The molecule has 1 N–H and O–H groups in total. The highest BCUT2D eigenvalue weighted by molar-refractivity contribution is 6.09. The number of aromatic nitrogens is 1. The Morgan fingerprint density at radius 1 is 1.40 bits per heavy atom. The molecule has 1 aliphatic rings. The fourth-order valence-corrected chi connectivity index (χ4v) is 2.47. The molecule has 1 fully saturated rings. The van der Waals surface area contributed by atoms with E-state index in [4.69, 9.17) is 10.00 Å². The Balaban J connectivity index is 1.85. The topological polar surface area (TPSA) is 69.1 Å². The van der Waals surface area contributed by atoms with Gasteiger partial charge >= 0.3 is 0 Å². The van der Waals surface area contributed by atoms with Crippen molar-refractivity contribution < 1.29 is 9.53 Å². The summed E-state index contributed by atoms with van der Waals surface area (Å²) >= 11 is 0. The number of Topliss-reactive ketones (excluding diaryl/α,β-unsaturated/α-hetero) is 1. The highest BCUT2D eigenvalue weighted by Crippen LogP contribution is 2.20. The van der Waals surface area contributed by atoms with E-state index in [9.17, 15) is 4.79 Å². The van der Waals surface area contributed by atoms with Gasteiger partial charge in [-0.05, 0) is 18.2 Å². The molecule has 0 unspecified atom stereocenters. The lowest BCUT2D eigenvalue weighted by molar-refractivity contribution is 0.0371. The van der Waals surface area contributed by atoms with Crippen molar-refractivity contribution in [3.8, 4) is 6.07 Å². The van der Waals surface area contributed by atoms with E-state index >= 15 is 0 Å². The number of nitriles is 1. The quantitative estimate of drug-likeness (QED) is 0.858. The molecule has 0 aliphatic carbocycles. The van der Waals surface area contributed by atoms with Crippen molar-refractivity contribution in [3.63, 3.8) is 0 Å². The zero-order valence-corrected chi connectivity index (χ0v) is 11.1. The van der Waals surface area contributed by atoms with E-state index in [2.05, 4.69) is 16.0 Å².